The summed E-state index contributed by atoms with van der Waals surface area (Å²) in [5, 5.41) is 11.5. The van der Waals surface area contributed by atoms with Crippen LogP contribution in [0.15, 0.2) is 36.5 Å². The lowest BCUT2D eigenvalue weighted by Gasteiger charge is -2.38. The minimum absolute atomic E-state index is 0.0744. The quantitative estimate of drug-likeness (QED) is 0.876. The number of aliphatic hydroxyl groups is 1. The number of β-amino-alcohol motifs (C(OH)–C–C–N with tert-alkyl or cyclic N) is 1. The van der Waals surface area contributed by atoms with Gasteiger partial charge in [0.25, 0.3) is 0 Å². The number of likely N-dealkylation sites (tertiary alicyclic amines) is 1. The Hall–Kier alpha value is -2.47. The van der Waals surface area contributed by atoms with Crippen molar-refractivity contribution in [3.63, 3.8) is 0 Å². The number of amides is 2. The SMILES string of the molecule is NC(=O)CC1(O)CCCN(C(=O)Cc2cnc3ccccc3c2)C1. The monoisotopic (exact) mass is 327 g/mol. The third kappa shape index (κ3) is 3.71. The zero-order valence-corrected chi connectivity index (χ0v) is 13.4. The predicted octanol–water partition coefficient (Wildman–Crippen LogP) is 1.01. The van der Waals surface area contributed by atoms with Crippen LogP contribution in [0.4, 0.5) is 0 Å². The Kier molecular flexibility index (Phi) is 4.49. The molecule has 0 saturated carbocycles. The first kappa shape index (κ1) is 16.4. The van der Waals surface area contributed by atoms with Gasteiger partial charge in [0.05, 0.1) is 24.0 Å². The van der Waals surface area contributed by atoms with Crippen LogP contribution < -0.4 is 5.73 Å². The van der Waals surface area contributed by atoms with Crippen LogP contribution in [0.5, 0.6) is 0 Å². The molecule has 24 heavy (non-hydrogen) atoms. The average Bonchev–Trinajstić information content (AvgIpc) is 2.53. The fraction of sp³-hybridized carbons (Fsp3) is 0.389. The number of nitrogens with zero attached hydrogens (tertiary/aromatic N) is 2. The second kappa shape index (κ2) is 6.57. The molecule has 0 spiro atoms. The van der Waals surface area contributed by atoms with Gasteiger partial charge in [-0.1, -0.05) is 18.2 Å². The number of nitrogens with two attached hydrogens (primary N) is 1. The van der Waals surface area contributed by atoms with E-state index in [1.165, 1.54) is 0 Å². The zero-order valence-electron chi connectivity index (χ0n) is 13.4. The van der Waals surface area contributed by atoms with E-state index < -0.39 is 11.5 Å². The lowest BCUT2D eigenvalue weighted by atomic mass is 9.89. The molecule has 1 fully saturated rings. The highest BCUT2D eigenvalue weighted by molar-refractivity contribution is 5.83. The highest BCUT2D eigenvalue weighted by atomic mass is 16.3. The molecule has 0 radical (unpaired) electrons. The van der Waals surface area contributed by atoms with Gasteiger partial charge >= 0.3 is 0 Å². The van der Waals surface area contributed by atoms with Crippen molar-refractivity contribution in [2.45, 2.75) is 31.3 Å². The Balaban J connectivity index is 1.70. The number of hydrogen-bond donors (Lipinski definition) is 2. The molecule has 1 atom stereocenters. The Labute approximate surface area is 140 Å². The normalized spacial score (nSPS) is 21.0. The first-order chi connectivity index (χ1) is 11.5. The maximum atomic E-state index is 12.5. The molecular formula is C18H21N3O3. The second-order valence-electron chi connectivity index (χ2n) is 6.50. The van der Waals surface area contributed by atoms with Crippen LogP contribution in [0, 0.1) is 0 Å². The van der Waals surface area contributed by atoms with Crippen LogP contribution in [-0.4, -0.2) is 45.5 Å². The van der Waals surface area contributed by atoms with E-state index in [-0.39, 0.29) is 25.3 Å². The number of pyridine rings is 1. The number of piperidine rings is 1. The van der Waals surface area contributed by atoms with Crippen LogP contribution in [0.1, 0.15) is 24.8 Å². The number of para-hydroxylation sites is 1. The molecule has 6 nitrogen and oxygen atoms in total. The molecule has 1 aliphatic heterocycles. The van der Waals surface area contributed by atoms with Gasteiger partial charge in [0.1, 0.15) is 0 Å². The van der Waals surface area contributed by atoms with Crippen LogP contribution in [0.2, 0.25) is 0 Å². The van der Waals surface area contributed by atoms with Gasteiger partial charge in [-0.3, -0.25) is 14.6 Å². The third-order valence-electron chi connectivity index (χ3n) is 4.41. The number of hydrogen-bond acceptors (Lipinski definition) is 4. The average molecular weight is 327 g/mol. The van der Waals surface area contributed by atoms with Crippen molar-refractivity contribution in [2.24, 2.45) is 5.73 Å². The minimum Gasteiger partial charge on any atom is -0.388 e. The third-order valence-corrected chi connectivity index (χ3v) is 4.41. The molecule has 1 saturated heterocycles. The van der Waals surface area contributed by atoms with Gasteiger partial charge in [0.15, 0.2) is 0 Å². The van der Waals surface area contributed by atoms with E-state index in [2.05, 4.69) is 4.98 Å². The van der Waals surface area contributed by atoms with E-state index >= 15 is 0 Å². The zero-order chi connectivity index (χ0) is 17.2. The maximum absolute atomic E-state index is 12.5. The Morgan fingerprint density at radius 2 is 2.12 bits per heavy atom. The van der Waals surface area contributed by atoms with Crippen LogP contribution in [0.3, 0.4) is 0 Å². The van der Waals surface area contributed by atoms with Crippen LogP contribution in [-0.2, 0) is 16.0 Å². The molecular weight excluding hydrogens is 306 g/mol. The van der Waals surface area contributed by atoms with E-state index in [9.17, 15) is 14.7 Å². The maximum Gasteiger partial charge on any atom is 0.227 e. The summed E-state index contributed by atoms with van der Waals surface area (Å²) >= 11 is 0. The van der Waals surface area contributed by atoms with Crippen LogP contribution >= 0.6 is 0 Å². The Bertz CT molecular complexity index is 777. The van der Waals surface area contributed by atoms with E-state index in [0.29, 0.717) is 19.4 Å². The highest BCUT2D eigenvalue weighted by Gasteiger charge is 2.36. The molecule has 2 amide bonds. The van der Waals surface area contributed by atoms with Crippen molar-refractivity contribution < 1.29 is 14.7 Å². The number of aromatic nitrogens is 1. The molecule has 126 valence electrons. The van der Waals surface area contributed by atoms with Crippen molar-refractivity contribution in [3.8, 4) is 0 Å². The summed E-state index contributed by atoms with van der Waals surface area (Å²) in [6, 6.07) is 9.70. The molecule has 0 bridgehead atoms. The van der Waals surface area contributed by atoms with E-state index in [1.807, 2.05) is 30.3 Å². The molecule has 0 aliphatic carbocycles. The predicted molar refractivity (Wildman–Crippen MR) is 90.0 cm³/mol. The second-order valence-corrected chi connectivity index (χ2v) is 6.50. The standard InChI is InChI=1S/C18H21N3O3/c19-16(22)10-18(24)6-3-7-21(12-18)17(23)9-13-8-14-4-1-2-5-15(14)20-11-13/h1-2,4-5,8,11,24H,3,6-7,9-10,12H2,(H2,19,22). The van der Waals surface area contributed by atoms with Gasteiger partial charge in [-0.25, -0.2) is 0 Å². The summed E-state index contributed by atoms with van der Waals surface area (Å²) < 4.78 is 0. The lowest BCUT2D eigenvalue weighted by Crippen LogP contribution is -2.52. The summed E-state index contributed by atoms with van der Waals surface area (Å²) in [6.45, 7) is 0.733. The van der Waals surface area contributed by atoms with Crippen molar-refractivity contribution in [2.75, 3.05) is 13.1 Å². The number of primary amides is 1. The molecule has 1 aromatic carbocycles. The van der Waals surface area contributed by atoms with E-state index in [0.717, 1.165) is 16.5 Å². The summed E-state index contributed by atoms with van der Waals surface area (Å²) in [5.74, 6) is -0.625. The molecule has 1 aliphatic rings. The minimum atomic E-state index is -1.21. The van der Waals surface area contributed by atoms with Gasteiger partial charge in [-0.15, -0.1) is 0 Å². The number of benzene rings is 1. The number of carbonyl (C=O) groups is 2. The van der Waals surface area contributed by atoms with Gasteiger partial charge in [0.2, 0.25) is 11.8 Å². The summed E-state index contributed by atoms with van der Waals surface area (Å²) in [6.07, 6.45) is 2.96. The molecule has 2 heterocycles. The van der Waals surface area contributed by atoms with Gasteiger partial charge < -0.3 is 15.7 Å². The smallest absolute Gasteiger partial charge is 0.227 e. The molecule has 1 aromatic heterocycles. The number of fused-ring (bicyclic) bond motifs is 1. The first-order valence-corrected chi connectivity index (χ1v) is 8.07. The topological polar surface area (TPSA) is 96.5 Å². The number of rotatable bonds is 4. The van der Waals surface area contributed by atoms with Crippen molar-refractivity contribution in [3.05, 3.63) is 42.1 Å². The molecule has 3 rings (SSSR count). The van der Waals surface area contributed by atoms with Crippen molar-refractivity contribution >= 4 is 22.7 Å². The van der Waals surface area contributed by atoms with E-state index in [1.54, 1.807) is 11.1 Å². The van der Waals surface area contributed by atoms with Gasteiger partial charge in [0, 0.05) is 24.7 Å². The molecule has 6 heteroatoms. The fourth-order valence-electron chi connectivity index (χ4n) is 3.29. The summed E-state index contributed by atoms with van der Waals surface area (Å²) in [5.41, 5.74) is 5.72. The Morgan fingerprint density at radius 3 is 2.92 bits per heavy atom. The fourth-order valence-corrected chi connectivity index (χ4v) is 3.29. The van der Waals surface area contributed by atoms with Crippen molar-refractivity contribution in [1.82, 2.24) is 9.88 Å². The summed E-state index contributed by atoms with van der Waals surface area (Å²) in [7, 11) is 0. The number of carbonyl (C=O) groups excluding carboxylic acids is 2. The molecule has 1 unspecified atom stereocenters. The lowest BCUT2D eigenvalue weighted by molar-refractivity contribution is -0.141. The van der Waals surface area contributed by atoms with Crippen LogP contribution in [0.25, 0.3) is 10.9 Å². The van der Waals surface area contributed by atoms with E-state index in [4.69, 9.17) is 5.73 Å². The highest BCUT2D eigenvalue weighted by Crippen LogP contribution is 2.25. The van der Waals surface area contributed by atoms with Crippen molar-refractivity contribution in [1.29, 1.82) is 0 Å². The van der Waals surface area contributed by atoms with Gasteiger partial charge in [-0.2, -0.15) is 0 Å². The van der Waals surface area contributed by atoms with Gasteiger partial charge in [-0.05, 0) is 30.5 Å². The molecule has 2 aromatic rings. The first-order valence-electron chi connectivity index (χ1n) is 8.07. The largest absolute Gasteiger partial charge is 0.388 e. The molecule has 3 N–H and O–H groups in total. The Morgan fingerprint density at radius 1 is 1.33 bits per heavy atom. The summed E-state index contributed by atoms with van der Waals surface area (Å²) in [4.78, 5) is 29.6.